The van der Waals surface area contributed by atoms with Gasteiger partial charge in [0, 0.05) is 30.0 Å². The molecule has 0 bridgehead atoms. The molecule has 174 valence electrons. The van der Waals surface area contributed by atoms with Gasteiger partial charge in [-0.15, -0.1) is 11.3 Å². The average molecular weight is 488 g/mol. The molecular formula is C24H26FN3O3S2. The molecule has 0 spiro atoms. The zero-order valence-electron chi connectivity index (χ0n) is 18.8. The molecule has 2 aromatic carbocycles. The van der Waals surface area contributed by atoms with Crippen LogP contribution in [0.15, 0.2) is 46.7 Å². The highest BCUT2D eigenvalue weighted by Gasteiger charge is 2.32. The maximum absolute atomic E-state index is 13.1. The van der Waals surface area contributed by atoms with Crippen LogP contribution < -0.4 is 5.32 Å². The molecular weight excluding hydrogens is 461 g/mol. The van der Waals surface area contributed by atoms with Crippen molar-refractivity contribution < 1.29 is 17.6 Å². The van der Waals surface area contributed by atoms with E-state index in [2.05, 4.69) is 43.2 Å². The highest BCUT2D eigenvalue weighted by atomic mass is 32.2. The fraction of sp³-hybridized carbons (Fsp3) is 0.333. The maximum Gasteiger partial charge on any atom is 0.243 e. The number of aryl methyl sites for hydroxylation is 3. The van der Waals surface area contributed by atoms with E-state index in [0.717, 1.165) is 34.5 Å². The number of carbonyl (C=O) groups is 1. The van der Waals surface area contributed by atoms with Gasteiger partial charge in [0.25, 0.3) is 0 Å². The second-order valence-corrected chi connectivity index (χ2v) is 11.2. The van der Waals surface area contributed by atoms with Crippen LogP contribution in [0.2, 0.25) is 0 Å². The molecule has 0 saturated carbocycles. The Morgan fingerprint density at radius 3 is 2.30 bits per heavy atom. The molecule has 33 heavy (non-hydrogen) atoms. The molecule has 1 N–H and O–H groups in total. The van der Waals surface area contributed by atoms with E-state index in [0.29, 0.717) is 18.0 Å². The predicted molar refractivity (Wildman–Crippen MR) is 128 cm³/mol. The molecule has 2 heterocycles. The molecule has 1 fully saturated rings. The third kappa shape index (κ3) is 5.00. The first kappa shape index (κ1) is 23.5. The number of hydrogen-bond donors (Lipinski definition) is 1. The van der Waals surface area contributed by atoms with Crippen LogP contribution in [0.4, 0.5) is 9.52 Å². The van der Waals surface area contributed by atoms with Gasteiger partial charge in [-0.1, -0.05) is 17.7 Å². The van der Waals surface area contributed by atoms with Gasteiger partial charge in [-0.25, -0.2) is 17.8 Å². The predicted octanol–water partition coefficient (Wildman–Crippen LogP) is 4.91. The number of amides is 1. The molecule has 1 aliphatic heterocycles. The van der Waals surface area contributed by atoms with Crippen LogP contribution in [-0.4, -0.2) is 36.7 Å². The van der Waals surface area contributed by atoms with E-state index < -0.39 is 15.8 Å². The van der Waals surface area contributed by atoms with Gasteiger partial charge >= 0.3 is 0 Å². The van der Waals surface area contributed by atoms with Crippen LogP contribution in [-0.2, 0) is 14.8 Å². The minimum atomic E-state index is -3.70. The van der Waals surface area contributed by atoms with Crippen LogP contribution in [0.3, 0.4) is 0 Å². The Balaban J connectivity index is 1.39. The Hall–Kier alpha value is -2.62. The topological polar surface area (TPSA) is 79.4 Å². The number of anilines is 1. The second-order valence-electron chi connectivity index (χ2n) is 8.43. The number of benzene rings is 2. The summed E-state index contributed by atoms with van der Waals surface area (Å²) in [6.45, 7) is 6.65. The van der Waals surface area contributed by atoms with Crippen molar-refractivity contribution in [3.8, 4) is 11.3 Å². The number of rotatable bonds is 5. The molecule has 6 nitrogen and oxygen atoms in total. The zero-order valence-corrected chi connectivity index (χ0v) is 20.4. The lowest BCUT2D eigenvalue weighted by Crippen LogP contribution is -2.41. The summed E-state index contributed by atoms with van der Waals surface area (Å²) >= 11 is 1.38. The van der Waals surface area contributed by atoms with Crippen molar-refractivity contribution in [3.05, 3.63) is 64.3 Å². The van der Waals surface area contributed by atoms with E-state index >= 15 is 0 Å². The standard InChI is InChI=1S/C24H26FN3O3S2/c1-15-12-16(2)22(17(3)13-15)21-14-32-24(26-21)27-23(29)18-8-10-28(11-9-18)33(30,31)20-6-4-19(25)5-7-20/h4-7,12-14,18H,8-11H2,1-3H3,(H,26,27,29). The van der Waals surface area contributed by atoms with Crippen molar-refractivity contribution in [2.45, 2.75) is 38.5 Å². The summed E-state index contributed by atoms with van der Waals surface area (Å²) in [7, 11) is -3.70. The fourth-order valence-corrected chi connectivity index (χ4v) is 6.53. The van der Waals surface area contributed by atoms with Crippen molar-refractivity contribution in [3.63, 3.8) is 0 Å². The van der Waals surface area contributed by atoms with Gasteiger partial charge < -0.3 is 5.32 Å². The Kier molecular flexibility index (Phi) is 6.65. The van der Waals surface area contributed by atoms with Gasteiger partial charge in [-0.3, -0.25) is 4.79 Å². The normalized spacial score (nSPS) is 15.5. The van der Waals surface area contributed by atoms with Crippen molar-refractivity contribution in [2.24, 2.45) is 5.92 Å². The molecule has 0 unspecified atom stereocenters. The third-order valence-corrected chi connectivity index (χ3v) is 8.61. The van der Waals surface area contributed by atoms with Gasteiger partial charge in [0.05, 0.1) is 10.6 Å². The molecule has 1 aliphatic rings. The van der Waals surface area contributed by atoms with Crippen LogP contribution in [0, 0.1) is 32.5 Å². The van der Waals surface area contributed by atoms with Crippen molar-refractivity contribution in [2.75, 3.05) is 18.4 Å². The highest BCUT2D eigenvalue weighted by molar-refractivity contribution is 7.89. The number of thiazole rings is 1. The van der Waals surface area contributed by atoms with Crippen LogP contribution in [0.25, 0.3) is 11.3 Å². The summed E-state index contributed by atoms with van der Waals surface area (Å²) in [5, 5.41) is 5.38. The van der Waals surface area contributed by atoms with E-state index in [-0.39, 0.29) is 29.8 Å². The molecule has 3 aromatic rings. The summed E-state index contributed by atoms with van der Waals surface area (Å²) in [5.41, 5.74) is 5.41. The summed E-state index contributed by atoms with van der Waals surface area (Å²) < 4.78 is 40.0. The second kappa shape index (κ2) is 9.32. The molecule has 0 atom stereocenters. The Bertz CT molecular complexity index is 1260. The number of nitrogens with zero attached hydrogens (tertiary/aromatic N) is 2. The number of aromatic nitrogens is 1. The smallest absolute Gasteiger partial charge is 0.243 e. The summed E-state index contributed by atoms with van der Waals surface area (Å²) in [5.74, 6) is -0.922. The third-order valence-electron chi connectivity index (χ3n) is 5.94. The Morgan fingerprint density at radius 1 is 1.09 bits per heavy atom. The van der Waals surface area contributed by atoms with E-state index in [1.807, 2.05) is 5.38 Å². The largest absolute Gasteiger partial charge is 0.302 e. The van der Waals surface area contributed by atoms with E-state index in [9.17, 15) is 17.6 Å². The van der Waals surface area contributed by atoms with Gasteiger partial charge in [-0.2, -0.15) is 4.31 Å². The van der Waals surface area contributed by atoms with Gasteiger partial charge in [0.2, 0.25) is 15.9 Å². The molecule has 9 heteroatoms. The Morgan fingerprint density at radius 2 is 1.70 bits per heavy atom. The highest BCUT2D eigenvalue weighted by Crippen LogP contribution is 2.32. The van der Waals surface area contributed by atoms with Crippen molar-refractivity contribution in [1.82, 2.24) is 9.29 Å². The number of halogens is 1. The van der Waals surface area contributed by atoms with Crippen LogP contribution >= 0.6 is 11.3 Å². The molecule has 1 saturated heterocycles. The number of piperidine rings is 1. The minimum absolute atomic E-state index is 0.0591. The number of nitrogens with one attached hydrogen (secondary N) is 1. The number of sulfonamides is 1. The van der Waals surface area contributed by atoms with Gasteiger partial charge in [0.1, 0.15) is 5.82 Å². The van der Waals surface area contributed by atoms with Crippen LogP contribution in [0.1, 0.15) is 29.5 Å². The zero-order chi connectivity index (χ0) is 23.8. The Labute approximate surface area is 197 Å². The van der Waals surface area contributed by atoms with Crippen molar-refractivity contribution >= 4 is 32.4 Å². The van der Waals surface area contributed by atoms with Gasteiger partial charge in [-0.05, 0) is 69.0 Å². The van der Waals surface area contributed by atoms with Crippen molar-refractivity contribution in [1.29, 1.82) is 0 Å². The molecule has 1 amide bonds. The molecule has 1 aromatic heterocycles. The molecule has 4 rings (SSSR count). The summed E-state index contributed by atoms with van der Waals surface area (Å²) in [6.07, 6.45) is 0.835. The first-order valence-electron chi connectivity index (χ1n) is 10.8. The summed E-state index contributed by atoms with van der Waals surface area (Å²) in [4.78, 5) is 17.5. The lowest BCUT2D eigenvalue weighted by Gasteiger charge is -2.30. The maximum atomic E-state index is 13.1. The van der Waals surface area contributed by atoms with Gasteiger partial charge in [0.15, 0.2) is 5.13 Å². The first-order valence-corrected chi connectivity index (χ1v) is 13.1. The van der Waals surface area contributed by atoms with E-state index in [4.69, 9.17) is 0 Å². The lowest BCUT2D eigenvalue weighted by molar-refractivity contribution is -0.120. The van der Waals surface area contributed by atoms with Crippen LogP contribution in [0.5, 0.6) is 0 Å². The monoisotopic (exact) mass is 487 g/mol. The minimum Gasteiger partial charge on any atom is -0.302 e. The summed E-state index contributed by atoms with van der Waals surface area (Å²) in [6, 6.07) is 9.04. The fourth-order valence-electron chi connectivity index (χ4n) is 4.35. The first-order chi connectivity index (χ1) is 15.6. The lowest BCUT2D eigenvalue weighted by atomic mass is 9.97. The quantitative estimate of drug-likeness (QED) is 0.554. The van der Waals surface area contributed by atoms with E-state index in [1.165, 1.54) is 33.3 Å². The molecule has 0 aliphatic carbocycles. The molecule has 0 radical (unpaired) electrons. The average Bonchev–Trinajstić information content (AvgIpc) is 3.21. The number of hydrogen-bond acceptors (Lipinski definition) is 5. The van der Waals surface area contributed by atoms with E-state index in [1.54, 1.807) is 0 Å². The SMILES string of the molecule is Cc1cc(C)c(-c2csc(NC(=O)C3CCN(S(=O)(=O)c4ccc(F)cc4)CC3)n2)c(C)c1. The number of carbonyl (C=O) groups excluding carboxylic acids is 1.